The minimum atomic E-state index is -0.418. The Balaban J connectivity index is 2.49. The SMILES string of the molecule is CCOC(=O)CN(C)C(=O)Nc1ccc(C)cc1. The second kappa shape index (κ2) is 6.64. The van der Waals surface area contributed by atoms with Crippen LogP contribution in [0.1, 0.15) is 12.5 Å². The van der Waals surface area contributed by atoms with E-state index in [1.165, 1.54) is 4.90 Å². The van der Waals surface area contributed by atoms with E-state index >= 15 is 0 Å². The second-order valence-corrected chi connectivity index (χ2v) is 3.96. The van der Waals surface area contributed by atoms with E-state index in [4.69, 9.17) is 4.74 Å². The fourth-order valence-electron chi connectivity index (χ4n) is 1.33. The molecule has 0 radical (unpaired) electrons. The molecule has 0 heterocycles. The quantitative estimate of drug-likeness (QED) is 0.832. The fraction of sp³-hybridized carbons (Fsp3) is 0.385. The number of rotatable bonds is 4. The van der Waals surface area contributed by atoms with E-state index in [1.807, 2.05) is 31.2 Å². The molecule has 0 bridgehead atoms. The zero-order valence-electron chi connectivity index (χ0n) is 10.9. The van der Waals surface area contributed by atoms with Gasteiger partial charge in [-0.05, 0) is 26.0 Å². The number of aryl methyl sites for hydroxylation is 1. The lowest BCUT2D eigenvalue weighted by atomic mass is 10.2. The molecule has 0 atom stereocenters. The largest absolute Gasteiger partial charge is 0.465 e. The molecule has 0 saturated heterocycles. The van der Waals surface area contributed by atoms with Crippen LogP contribution in [0.4, 0.5) is 10.5 Å². The summed E-state index contributed by atoms with van der Waals surface area (Å²) >= 11 is 0. The van der Waals surface area contributed by atoms with Crippen LogP contribution in [0.3, 0.4) is 0 Å². The van der Waals surface area contributed by atoms with Crippen molar-refractivity contribution in [1.82, 2.24) is 4.90 Å². The first-order valence-corrected chi connectivity index (χ1v) is 5.77. The van der Waals surface area contributed by atoms with Crippen LogP contribution in [-0.4, -0.2) is 37.1 Å². The number of ether oxygens (including phenoxy) is 1. The van der Waals surface area contributed by atoms with Gasteiger partial charge >= 0.3 is 12.0 Å². The maximum atomic E-state index is 11.7. The zero-order chi connectivity index (χ0) is 13.5. The Bertz CT molecular complexity index is 415. The summed E-state index contributed by atoms with van der Waals surface area (Å²) in [6.07, 6.45) is 0. The van der Waals surface area contributed by atoms with Crippen LogP contribution in [0.25, 0.3) is 0 Å². The summed E-state index contributed by atoms with van der Waals surface area (Å²) in [5.74, 6) is -0.418. The first-order chi connectivity index (χ1) is 8.52. The summed E-state index contributed by atoms with van der Waals surface area (Å²) in [5, 5.41) is 2.70. The molecule has 18 heavy (non-hydrogen) atoms. The first-order valence-electron chi connectivity index (χ1n) is 5.77. The van der Waals surface area contributed by atoms with Crippen molar-refractivity contribution in [3.8, 4) is 0 Å². The highest BCUT2D eigenvalue weighted by Gasteiger charge is 2.13. The lowest BCUT2D eigenvalue weighted by Gasteiger charge is -2.16. The van der Waals surface area contributed by atoms with Gasteiger partial charge in [0.05, 0.1) is 6.61 Å². The van der Waals surface area contributed by atoms with Crippen LogP contribution in [0, 0.1) is 6.92 Å². The van der Waals surface area contributed by atoms with Gasteiger partial charge in [0.25, 0.3) is 0 Å². The van der Waals surface area contributed by atoms with E-state index in [0.717, 1.165) is 5.56 Å². The molecule has 1 aromatic rings. The smallest absolute Gasteiger partial charge is 0.325 e. The molecule has 0 aromatic heterocycles. The predicted octanol–water partition coefficient (Wildman–Crippen LogP) is 2.02. The van der Waals surface area contributed by atoms with Crippen molar-refractivity contribution in [2.24, 2.45) is 0 Å². The highest BCUT2D eigenvalue weighted by molar-refractivity contribution is 5.91. The minimum absolute atomic E-state index is 0.0640. The van der Waals surface area contributed by atoms with E-state index in [0.29, 0.717) is 12.3 Å². The number of nitrogens with one attached hydrogen (secondary N) is 1. The molecule has 0 spiro atoms. The average molecular weight is 250 g/mol. The van der Waals surface area contributed by atoms with Crippen LogP contribution in [-0.2, 0) is 9.53 Å². The van der Waals surface area contributed by atoms with Gasteiger partial charge in [-0.1, -0.05) is 17.7 Å². The molecular weight excluding hydrogens is 232 g/mol. The number of esters is 1. The highest BCUT2D eigenvalue weighted by atomic mass is 16.5. The summed E-state index contributed by atoms with van der Waals surface area (Å²) < 4.78 is 4.77. The van der Waals surface area contributed by atoms with Gasteiger partial charge in [0.15, 0.2) is 0 Å². The number of hydrogen-bond acceptors (Lipinski definition) is 3. The first kappa shape index (κ1) is 14.0. The maximum Gasteiger partial charge on any atom is 0.325 e. The molecule has 0 saturated carbocycles. The van der Waals surface area contributed by atoms with Crippen molar-refractivity contribution in [2.75, 3.05) is 25.5 Å². The molecule has 1 N–H and O–H groups in total. The number of anilines is 1. The number of nitrogens with zero attached hydrogens (tertiary/aromatic N) is 1. The lowest BCUT2D eigenvalue weighted by Crippen LogP contribution is -2.36. The fourth-order valence-corrected chi connectivity index (χ4v) is 1.33. The van der Waals surface area contributed by atoms with E-state index in [1.54, 1.807) is 14.0 Å². The molecule has 1 rings (SSSR count). The van der Waals surface area contributed by atoms with Gasteiger partial charge in [-0.25, -0.2) is 4.79 Å². The number of carbonyl (C=O) groups excluding carboxylic acids is 2. The van der Waals surface area contributed by atoms with Crippen LogP contribution >= 0.6 is 0 Å². The molecule has 1 aromatic carbocycles. The van der Waals surface area contributed by atoms with Crippen molar-refractivity contribution >= 4 is 17.7 Å². The van der Waals surface area contributed by atoms with Crippen LogP contribution in [0.15, 0.2) is 24.3 Å². The molecule has 2 amide bonds. The Morgan fingerprint density at radius 2 is 1.89 bits per heavy atom. The number of hydrogen-bond donors (Lipinski definition) is 1. The van der Waals surface area contributed by atoms with Crippen molar-refractivity contribution in [1.29, 1.82) is 0 Å². The summed E-state index contributed by atoms with van der Waals surface area (Å²) in [6, 6.07) is 7.09. The van der Waals surface area contributed by atoms with E-state index < -0.39 is 5.97 Å². The second-order valence-electron chi connectivity index (χ2n) is 3.96. The molecular formula is C13H18N2O3. The summed E-state index contributed by atoms with van der Waals surface area (Å²) in [4.78, 5) is 24.2. The van der Waals surface area contributed by atoms with Crippen LogP contribution < -0.4 is 5.32 Å². The van der Waals surface area contributed by atoms with E-state index in [2.05, 4.69) is 5.32 Å². The van der Waals surface area contributed by atoms with Crippen molar-refractivity contribution in [2.45, 2.75) is 13.8 Å². The Labute approximate surface area is 107 Å². The standard InChI is InChI=1S/C13H18N2O3/c1-4-18-12(16)9-15(3)13(17)14-11-7-5-10(2)6-8-11/h5-8H,4,9H2,1-3H3,(H,14,17). The number of urea groups is 1. The molecule has 0 aliphatic rings. The molecule has 98 valence electrons. The number of benzene rings is 1. The summed E-state index contributed by atoms with van der Waals surface area (Å²) in [6.45, 7) is 3.94. The Hall–Kier alpha value is -2.04. The van der Waals surface area contributed by atoms with Gasteiger partial charge in [-0.3, -0.25) is 4.79 Å². The third-order valence-electron chi connectivity index (χ3n) is 2.32. The van der Waals surface area contributed by atoms with Crippen LogP contribution in [0.5, 0.6) is 0 Å². The van der Waals surface area contributed by atoms with Gasteiger partial charge in [0.1, 0.15) is 6.54 Å². The average Bonchev–Trinajstić information content (AvgIpc) is 2.32. The van der Waals surface area contributed by atoms with Gasteiger partial charge in [-0.2, -0.15) is 0 Å². The Morgan fingerprint density at radius 3 is 2.44 bits per heavy atom. The predicted molar refractivity (Wildman–Crippen MR) is 69.5 cm³/mol. The maximum absolute atomic E-state index is 11.7. The molecule has 0 aliphatic carbocycles. The molecule has 0 unspecified atom stereocenters. The van der Waals surface area contributed by atoms with Crippen LogP contribution in [0.2, 0.25) is 0 Å². The topological polar surface area (TPSA) is 58.6 Å². The molecule has 0 fully saturated rings. The van der Waals surface area contributed by atoms with E-state index in [-0.39, 0.29) is 12.6 Å². The zero-order valence-corrected chi connectivity index (χ0v) is 10.9. The van der Waals surface area contributed by atoms with Gasteiger partial charge in [-0.15, -0.1) is 0 Å². The molecule has 5 heteroatoms. The normalized spacial score (nSPS) is 9.72. The Morgan fingerprint density at radius 1 is 1.28 bits per heavy atom. The Kier molecular flexibility index (Phi) is 5.17. The van der Waals surface area contributed by atoms with Crippen molar-refractivity contribution in [3.05, 3.63) is 29.8 Å². The van der Waals surface area contributed by atoms with Gasteiger partial charge in [0, 0.05) is 12.7 Å². The summed E-state index contributed by atoms with van der Waals surface area (Å²) in [5.41, 5.74) is 1.81. The monoisotopic (exact) mass is 250 g/mol. The van der Waals surface area contributed by atoms with Crippen molar-refractivity contribution in [3.63, 3.8) is 0 Å². The minimum Gasteiger partial charge on any atom is -0.465 e. The molecule has 0 aliphatic heterocycles. The van der Waals surface area contributed by atoms with E-state index in [9.17, 15) is 9.59 Å². The lowest BCUT2D eigenvalue weighted by molar-refractivity contribution is -0.143. The molecule has 5 nitrogen and oxygen atoms in total. The number of amides is 2. The van der Waals surface area contributed by atoms with Crippen molar-refractivity contribution < 1.29 is 14.3 Å². The van der Waals surface area contributed by atoms with Gasteiger partial charge < -0.3 is 15.0 Å². The highest BCUT2D eigenvalue weighted by Crippen LogP contribution is 2.09. The third kappa shape index (κ3) is 4.45. The number of likely N-dealkylation sites (N-methyl/N-ethyl adjacent to an activating group) is 1. The van der Waals surface area contributed by atoms with Gasteiger partial charge in [0.2, 0.25) is 0 Å². The third-order valence-corrected chi connectivity index (χ3v) is 2.32. The number of carbonyl (C=O) groups is 2. The summed E-state index contributed by atoms with van der Waals surface area (Å²) in [7, 11) is 1.54.